The summed E-state index contributed by atoms with van der Waals surface area (Å²) in [5.41, 5.74) is 5.74. The number of aryl methyl sites for hydroxylation is 2. The Kier molecular flexibility index (Phi) is 5.68. The summed E-state index contributed by atoms with van der Waals surface area (Å²) in [5, 5.41) is 4.21. The van der Waals surface area contributed by atoms with Crippen LogP contribution in [0.5, 0.6) is 11.5 Å². The third-order valence-electron chi connectivity index (χ3n) is 5.66. The van der Waals surface area contributed by atoms with Gasteiger partial charge in [-0.05, 0) is 73.1 Å². The second-order valence-electron chi connectivity index (χ2n) is 7.59. The summed E-state index contributed by atoms with van der Waals surface area (Å²) in [5.74, 6) is 1.43. The van der Waals surface area contributed by atoms with Crippen LogP contribution < -0.4 is 14.8 Å². The van der Waals surface area contributed by atoms with Crippen molar-refractivity contribution < 1.29 is 9.47 Å². The van der Waals surface area contributed by atoms with Gasteiger partial charge in [-0.25, -0.2) is 0 Å². The molecule has 156 valence electrons. The molecule has 0 unspecified atom stereocenters. The Morgan fingerprint density at radius 1 is 1.00 bits per heavy atom. The molecule has 2 heterocycles. The molecule has 3 aromatic rings. The van der Waals surface area contributed by atoms with E-state index in [0.29, 0.717) is 5.75 Å². The van der Waals surface area contributed by atoms with Crippen LogP contribution in [0.15, 0.2) is 54.7 Å². The average Bonchev–Trinajstić information content (AvgIpc) is 3.24. The number of nitrogens with one attached hydrogen (secondary N) is 1. The molecular weight excluding hydrogens is 394 g/mol. The van der Waals surface area contributed by atoms with E-state index < -0.39 is 0 Å². The molecule has 1 N–H and O–H groups in total. The van der Waals surface area contributed by atoms with Crippen LogP contribution in [0.25, 0.3) is 0 Å². The highest BCUT2D eigenvalue weighted by Gasteiger charge is 2.31. The number of rotatable bonds is 4. The zero-order valence-corrected chi connectivity index (χ0v) is 18.6. The van der Waals surface area contributed by atoms with E-state index >= 15 is 0 Å². The fourth-order valence-electron chi connectivity index (χ4n) is 4.03. The van der Waals surface area contributed by atoms with Crippen molar-refractivity contribution in [2.45, 2.75) is 26.4 Å². The topological polar surface area (TPSA) is 38.7 Å². The van der Waals surface area contributed by atoms with E-state index in [1.807, 2.05) is 12.1 Å². The first-order chi connectivity index (χ1) is 14.5. The van der Waals surface area contributed by atoms with Gasteiger partial charge in [0, 0.05) is 30.7 Å². The molecule has 5 nitrogen and oxygen atoms in total. The first-order valence-corrected chi connectivity index (χ1v) is 10.4. The number of aromatic nitrogens is 1. The standard InChI is InChI=1S/C24H27N3O2S/c1-16-7-8-17(2)19(14-16)25-24(30)27-13-12-26-11-5-6-20(26)23(27)18-9-10-21(28-3)22(15-18)29-4/h5-11,14-15,23H,12-13H2,1-4H3,(H,25,30)/t23-/m1/s1. The number of hydrogen-bond donors (Lipinski definition) is 1. The van der Waals surface area contributed by atoms with Crippen LogP contribution in [0.4, 0.5) is 5.69 Å². The Balaban J connectivity index is 1.72. The summed E-state index contributed by atoms with van der Waals surface area (Å²) in [6.07, 6.45) is 2.13. The Labute approximate surface area is 183 Å². The number of benzene rings is 2. The maximum absolute atomic E-state index is 5.90. The molecule has 1 aliphatic rings. The third kappa shape index (κ3) is 3.75. The second-order valence-corrected chi connectivity index (χ2v) is 7.97. The van der Waals surface area contributed by atoms with Crippen LogP contribution in [-0.2, 0) is 6.54 Å². The molecule has 0 radical (unpaired) electrons. The van der Waals surface area contributed by atoms with Crippen molar-refractivity contribution in [2.24, 2.45) is 0 Å². The third-order valence-corrected chi connectivity index (χ3v) is 5.99. The minimum absolute atomic E-state index is 0.0151. The van der Waals surface area contributed by atoms with E-state index in [0.717, 1.165) is 35.2 Å². The van der Waals surface area contributed by atoms with Gasteiger partial charge in [-0.3, -0.25) is 0 Å². The van der Waals surface area contributed by atoms with Crippen LogP contribution in [0.1, 0.15) is 28.4 Å². The monoisotopic (exact) mass is 421 g/mol. The molecule has 1 aliphatic heterocycles. The van der Waals surface area contributed by atoms with Crippen LogP contribution in [0.3, 0.4) is 0 Å². The van der Waals surface area contributed by atoms with E-state index in [4.69, 9.17) is 21.7 Å². The Bertz CT molecular complexity index is 1080. The summed E-state index contributed by atoms with van der Waals surface area (Å²) < 4.78 is 13.3. The molecule has 2 aromatic carbocycles. The quantitative estimate of drug-likeness (QED) is 0.605. The van der Waals surface area contributed by atoms with Gasteiger partial charge < -0.3 is 24.3 Å². The number of thiocarbonyl (C=S) groups is 1. The van der Waals surface area contributed by atoms with Gasteiger partial charge in [0.15, 0.2) is 16.6 Å². The van der Waals surface area contributed by atoms with Gasteiger partial charge in [0.1, 0.15) is 0 Å². The molecule has 1 atom stereocenters. The molecule has 0 saturated heterocycles. The van der Waals surface area contributed by atoms with Crippen molar-refractivity contribution in [2.75, 3.05) is 26.1 Å². The number of anilines is 1. The maximum atomic E-state index is 5.90. The van der Waals surface area contributed by atoms with E-state index in [9.17, 15) is 0 Å². The summed E-state index contributed by atoms with van der Waals surface area (Å²) in [6.45, 7) is 5.89. The van der Waals surface area contributed by atoms with Gasteiger partial charge in [0.25, 0.3) is 0 Å². The molecule has 30 heavy (non-hydrogen) atoms. The molecule has 0 bridgehead atoms. The Morgan fingerprint density at radius 3 is 2.57 bits per heavy atom. The lowest BCUT2D eigenvalue weighted by Crippen LogP contribution is -2.44. The van der Waals surface area contributed by atoms with E-state index in [-0.39, 0.29) is 6.04 Å². The highest BCUT2D eigenvalue weighted by Crippen LogP contribution is 2.37. The van der Waals surface area contributed by atoms with Crippen molar-refractivity contribution >= 4 is 23.0 Å². The minimum atomic E-state index is -0.0151. The summed E-state index contributed by atoms with van der Waals surface area (Å²) in [6, 6.07) is 16.7. The first-order valence-electron chi connectivity index (χ1n) is 10.0. The molecular formula is C24H27N3O2S. The molecule has 4 rings (SSSR count). The summed E-state index contributed by atoms with van der Waals surface area (Å²) in [7, 11) is 3.31. The average molecular weight is 422 g/mol. The van der Waals surface area contributed by atoms with Crippen LogP contribution in [-0.4, -0.2) is 35.3 Å². The van der Waals surface area contributed by atoms with Crippen LogP contribution in [0, 0.1) is 13.8 Å². The Hall–Kier alpha value is -2.99. The van der Waals surface area contributed by atoms with Gasteiger partial charge in [-0.15, -0.1) is 0 Å². The van der Waals surface area contributed by atoms with Gasteiger partial charge in [-0.1, -0.05) is 18.2 Å². The minimum Gasteiger partial charge on any atom is -0.493 e. The molecule has 0 saturated carbocycles. The second kappa shape index (κ2) is 8.40. The lowest BCUT2D eigenvalue weighted by molar-refractivity contribution is 0.291. The predicted molar refractivity (Wildman–Crippen MR) is 125 cm³/mol. The van der Waals surface area contributed by atoms with Crippen molar-refractivity contribution in [3.8, 4) is 11.5 Å². The molecule has 0 fully saturated rings. The number of methoxy groups -OCH3 is 2. The number of nitrogens with zero attached hydrogens (tertiary/aromatic N) is 2. The van der Waals surface area contributed by atoms with E-state index in [2.05, 4.69) is 71.2 Å². The van der Waals surface area contributed by atoms with Crippen LogP contribution >= 0.6 is 12.2 Å². The van der Waals surface area contributed by atoms with Crippen molar-refractivity contribution in [1.29, 1.82) is 0 Å². The smallest absolute Gasteiger partial charge is 0.174 e. The Morgan fingerprint density at radius 2 is 1.80 bits per heavy atom. The highest BCUT2D eigenvalue weighted by atomic mass is 32.1. The number of fused-ring (bicyclic) bond motifs is 1. The van der Waals surface area contributed by atoms with E-state index in [1.54, 1.807) is 14.2 Å². The van der Waals surface area contributed by atoms with Crippen molar-refractivity contribution in [3.63, 3.8) is 0 Å². The van der Waals surface area contributed by atoms with Crippen molar-refractivity contribution in [3.05, 3.63) is 77.1 Å². The van der Waals surface area contributed by atoms with Gasteiger partial charge >= 0.3 is 0 Å². The fraction of sp³-hybridized carbons (Fsp3) is 0.292. The number of hydrogen-bond acceptors (Lipinski definition) is 3. The largest absolute Gasteiger partial charge is 0.493 e. The first kappa shape index (κ1) is 20.3. The van der Waals surface area contributed by atoms with Crippen molar-refractivity contribution in [1.82, 2.24) is 9.47 Å². The SMILES string of the molecule is COc1ccc([C@@H]2c3cccn3CCN2C(=S)Nc2cc(C)ccc2C)cc1OC. The number of ether oxygens (including phenoxy) is 2. The zero-order chi connectivity index (χ0) is 21.3. The van der Waals surface area contributed by atoms with E-state index in [1.165, 1.54) is 16.8 Å². The lowest BCUT2D eigenvalue weighted by atomic mass is 9.99. The molecule has 0 aliphatic carbocycles. The maximum Gasteiger partial charge on any atom is 0.174 e. The zero-order valence-electron chi connectivity index (χ0n) is 17.8. The highest BCUT2D eigenvalue weighted by molar-refractivity contribution is 7.80. The fourth-order valence-corrected chi connectivity index (χ4v) is 4.34. The molecule has 6 heteroatoms. The molecule has 1 aromatic heterocycles. The molecule has 0 spiro atoms. The summed E-state index contributed by atoms with van der Waals surface area (Å²) in [4.78, 5) is 2.26. The lowest BCUT2D eigenvalue weighted by Gasteiger charge is -2.39. The van der Waals surface area contributed by atoms with Crippen LogP contribution in [0.2, 0.25) is 0 Å². The molecule has 0 amide bonds. The van der Waals surface area contributed by atoms with Gasteiger partial charge in [-0.2, -0.15) is 0 Å². The predicted octanol–water partition coefficient (Wildman–Crippen LogP) is 4.92. The normalized spacial score (nSPS) is 15.5. The summed E-state index contributed by atoms with van der Waals surface area (Å²) >= 11 is 5.90. The van der Waals surface area contributed by atoms with Gasteiger partial charge in [0.05, 0.1) is 20.3 Å². The van der Waals surface area contributed by atoms with Gasteiger partial charge in [0.2, 0.25) is 0 Å².